The van der Waals surface area contributed by atoms with E-state index >= 15 is 0 Å². The first-order valence-corrected chi connectivity index (χ1v) is 6.50. The first-order valence-electron chi connectivity index (χ1n) is 6.50. The molecule has 1 aliphatic carbocycles. The smallest absolute Gasteiger partial charge is 0.0640 e. The van der Waals surface area contributed by atoms with Crippen LogP contribution in [0.15, 0.2) is 40.9 Å². The molecule has 1 heterocycles. The van der Waals surface area contributed by atoms with Crippen LogP contribution < -0.4 is 0 Å². The summed E-state index contributed by atoms with van der Waals surface area (Å²) in [5.74, 6) is 0.716. The van der Waals surface area contributed by atoms with E-state index in [1.54, 1.807) is 0 Å². The van der Waals surface area contributed by atoms with Gasteiger partial charge in [-0.1, -0.05) is 45.1 Å². The zero-order valence-electron chi connectivity index (χ0n) is 10.7. The van der Waals surface area contributed by atoms with Gasteiger partial charge in [-0.25, -0.2) is 0 Å². The number of nitrogens with zero attached hydrogens (tertiary/aromatic N) is 1. The third-order valence-electron chi connectivity index (χ3n) is 2.83. The van der Waals surface area contributed by atoms with Crippen molar-refractivity contribution in [2.45, 2.75) is 40.0 Å². The maximum Gasteiger partial charge on any atom is 0.0640 e. The Hall–Kier alpha value is -1.11. The van der Waals surface area contributed by atoms with Crippen LogP contribution in [0.25, 0.3) is 0 Å². The van der Waals surface area contributed by atoms with Gasteiger partial charge in [-0.05, 0) is 36.8 Å². The highest BCUT2D eigenvalue weighted by Gasteiger charge is 2.10. The van der Waals surface area contributed by atoms with E-state index in [9.17, 15) is 0 Å². The molecule has 1 heteroatoms. The Morgan fingerprint density at radius 1 is 1.25 bits per heavy atom. The van der Waals surface area contributed by atoms with Gasteiger partial charge in [0.1, 0.15) is 0 Å². The van der Waals surface area contributed by atoms with Crippen LogP contribution in [0.2, 0.25) is 0 Å². The molecule has 88 valence electrons. The first-order chi connectivity index (χ1) is 7.90. The number of rotatable bonds is 2. The third-order valence-corrected chi connectivity index (χ3v) is 2.83. The van der Waals surface area contributed by atoms with Crippen LogP contribution in [0.3, 0.4) is 0 Å². The second-order valence-corrected chi connectivity index (χ2v) is 3.89. The van der Waals surface area contributed by atoms with Crippen molar-refractivity contribution in [1.82, 2.24) is 0 Å². The van der Waals surface area contributed by atoms with E-state index in [1.807, 2.05) is 13.8 Å². The van der Waals surface area contributed by atoms with Crippen molar-refractivity contribution in [3.63, 3.8) is 0 Å². The Morgan fingerprint density at radius 2 is 2.06 bits per heavy atom. The molecule has 0 spiro atoms. The zero-order valence-corrected chi connectivity index (χ0v) is 10.7. The van der Waals surface area contributed by atoms with Crippen molar-refractivity contribution < 1.29 is 0 Å². The summed E-state index contributed by atoms with van der Waals surface area (Å²) in [7, 11) is 0. The lowest BCUT2D eigenvalue weighted by atomic mass is 9.91. The molecule has 0 bridgehead atoms. The van der Waals surface area contributed by atoms with Gasteiger partial charge in [0.2, 0.25) is 0 Å². The monoisotopic (exact) mass is 217 g/mol. The van der Waals surface area contributed by atoms with Crippen LogP contribution in [-0.4, -0.2) is 12.3 Å². The minimum absolute atomic E-state index is 0.716. The molecule has 0 amide bonds. The average Bonchev–Trinajstić information content (AvgIpc) is 2.42. The van der Waals surface area contributed by atoms with Crippen molar-refractivity contribution in [1.29, 1.82) is 0 Å². The van der Waals surface area contributed by atoms with Gasteiger partial charge in [-0.3, -0.25) is 4.99 Å². The first kappa shape index (κ1) is 13.0. The molecule has 1 nitrogen and oxygen atoms in total. The van der Waals surface area contributed by atoms with Crippen LogP contribution in [-0.2, 0) is 0 Å². The fourth-order valence-corrected chi connectivity index (χ4v) is 1.90. The topological polar surface area (TPSA) is 12.4 Å². The molecular formula is C15H23N. The van der Waals surface area contributed by atoms with Crippen molar-refractivity contribution in [3.05, 3.63) is 36.0 Å². The van der Waals surface area contributed by atoms with Gasteiger partial charge >= 0.3 is 0 Å². The molecule has 1 unspecified atom stereocenters. The molecule has 0 saturated carbocycles. The minimum Gasteiger partial charge on any atom is -0.284 e. The predicted molar refractivity (Wildman–Crippen MR) is 73.0 cm³/mol. The summed E-state index contributed by atoms with van der Waals surface area (Å²) in [6.07, 6.45) is 14.7. The van der Waals surface area contributed by atoms with E-state index in [0.717, 1.165) is 13.0 Å². The standard InChI is InChI=1S/C13H17N.C2H6/c1-2-11-6-5-7-12(10-11)13-8-3-4-9-14-13;1-2/h3,5,7-8,10-11H,2,4,6,9H2,1H3;1-2H3. The SMILES string of the molecule is CC.CCC1C=C(C2=NCCC=C2)C=CC1. The molecular weight excluding hydrogens is 194 g/mol. The van der Waals surface area contributed by atoms with Crippen molar-refractivity contribution >= 4 is 5.71 Å². The highest BCUT2D eigenvalue weighted by atomic mass is 14.7. The third kappa shape index (κ3) is 3.48. The number of aliphatic imine (C=N–C) groups is 1. The highest BCUT2D eigenvalue weighted by Crippen LogP contribution is 2.21. The largest absolute Gasteiger partial charge is 0.284 e. The van der Waals surface area contributed by atoms with E-state index in [2.05, 4.69) is 42.3 Å². The molecule has 0 N–H and O–H groups in total. The Morgan fingerprint density at radius 3 is 2.69 bits per heavy atom. The molecule has 1 atom stereocenters. The van der Waals surface area contributed by atoms with E-state index in [4.69, 9.17) is 0 Å². The second-order valence-electron chi connectivity index (χ2n) is 3.89. The van der Waals surface area contributed by atoms with E-state index in [-0.39, 0.29) is 0 Å². The fraction of sp³-hybridized carbons (Fsp3) is 0.533. The van der Waals surface area contributed by atoms with Crippen molar-refractivity contribution in [3.8, 4) is 0 Å². The van der Waals surface area contributed by atoms with Crippen molar-refractivity contribution in [2.24, 2.45) is 10.9 Å². The van der Waals surface area contributed by atoms with E-state index in [0.29, 0.717) is 5.92 Å². The molecule has 0 aromatic heterocycles. The summed E-state index contributed by atoms with van der Waals surface area (Å²) in [6.45, 7) is 7.20. The van der Waals surface area contributed by atoms with E-state index < -0.39 is 0 Å². The molecule has 2 aliphatic rings. The summed E-state index contributed by atoms with van der Waals surface area (Å²) in [6, 6.07) is 0. The molecule has 1 aliphatic heterocycles. The van der Waals surface area contributed by atoms with Crippen molar-refractivity contribution in [2.75, 3.05) is 6.54 Å². The molecule has 2 rings (SSSR count). The Kier molecular flexibility index (Phi) is 5.84. The molecule has 0 radical (unpaired) electrons. The summed E-state index contributed by atoms with van der Waals surface area (Å²) in [4.78, 5) is 4.53. The fourth-order valence-electron chi connectivity index (χ4n) is 1.90. The number of dihydropyridines is 1. The number of allylic oxidation sites excluding steroid dienone is 5. The van der Waals surface area contributed by atoms with Gasteiger partial charge in [-0.2, -0.15) is 0 Å². The van der Waals surface area contributed by atoms with E-state index in [1.165, 1.54) is 24.1 Å². The maximum absolute atomic E-state index is 4.53. The van der Waals surface area contributed by atoms with Gasteiger partial charge in [-0.15, -0.1) is 0 Å². The lowest BCUT2D eigenvalue weighted by Gasteiger charge is -2.16. The lowest BCUT2D eigenvalue weighted by Crippen LogP contribution is -2.07. The maximum atomic E-state index is 4.53. The number of hydrogen-bond donors (Lipinski definition) is 0. The van der Waals surface area contributed by atoms with Gasteiger partial charge in [0.05, 0.1) is 5.71 Å². The van der Waals surface area contributed by atoms with Crippen LogP contribution in [0, 0.1) is 5.92 Å². The van der Waals surface area contributed by atoms with Crippen LogP contribution in [0.5, 0.6) is 0 Å². The number of hydrogen-bond acceptors (Lipinski definition) is 1. The minimum atomic E-state index is 0.716. The molecule has 0 aromatic carbocycles. The highest BCUT2D eigenvalue weighted by molar-refractivity contribution is 6.10. The quantitative estimate of drug-likeness (QED) is 0.653. The average molecular weight is 217 g/mol. The second kappa shape index (κ2) is 7.21. The predicted octanol–water partition coefficient (Wildman–Crippen LogP) is 4.33. The van der Waals surface area contributed by atoms with Crippen LogP contribution in [0.1, 0.15) is 40.0 Å². The lowest BCUT2D eigenvalue weighted by molar-refractivity contribution is 0.631. The Bertz CT molecular complexity index is 318. The van der Waals surface area contributed by atoms with Gasteiger partial charge in [0, 0.05) is 6.54 Å². The van der Waals surface area contributed by atoms with Gasteiger partial charge < -0.3 is 0 Å². The molecule has 16 heavy (non-hydrogen) atoms. The zero-order chi connectivity index (χ0) is 11.8. The molecule has 0 aromatic rings. The van der Waals surface area contributed by atoms with Crippen LogP contribution in [0.4, 0.5) is 0 Å². The summed E-state index contributed by atoms with van der Waals surface area (Å²) in [5.41, 5.74) is 2.49. The molecule has 0 fully saturated rings. The molecule has 0 saturated heterocycles. The normalized spacial score (nSPS) is 23.1. The van der Waals surface area contributed by atoms with Gasteiger partial charge in [0.15, 0.2) is 0 Å². The van der Waals surface area contributed by atoms with Gasteiger partial charge in [0.25, 0.3) is 0 Å². The van der Waals surface area contributed by atoms with Crippen LogP contribution >= 0.6 is 0 Å². The Labute approximate surface area is 99.7 Å². The summed E-state index contributed by atoms with van der Waals surface area (Å²) < 4.78 is 0. The Balaban J connectivity index is 0.000000606. The summed E-state index contributed by atoms with van der Waals surface area (Å²) in [5, 5.41) is 0. The summed E-state index contributed by atoms with van der Waals surface area (Å²) >= 11 is 0.